The minimum atomic E-state index is 0.400. The predicted octanol–water partition coefficient (Wildman–Crippen LogP) is 4.71. The molecule has 7 nitrogen and oxygen atoms in total. The molecule has 8 heteroatoms. The van der Waals surface area contributed by atoms with Crippen molar-refractivity contribution in [1.82, 2.24) is 19.5 Å². The highest BCUT2D eigenvalue weighted by molar-refractivity contribution is 6.36. The quantitative estimate of drug-likeness (QED) is 0.428. The van der Waals surface area contributed by atoms with Crippen LogP contribution in [0.15, 0.2) is 49.2 Å². The van der Waals surface area contributed by atoms with Crippen LogP contribution in [0, 0.1) is 0 Å². The Bertz CT molecular complexity index is 1410. The van der Waals surface area contributed by atoms with E-state index in [-0.39, 0.29) is 0 Å². The van der Waals surface area contributed by atoms with Crippen LogP contribution < -0.4 is 14.5 Å². The fourth-order valence-electron chi connectivity index (χ4n) is 5.14. The highest BCUT2D eigenvalue weighted by atomic mass is 35.5. The van der Waals surface area contributed by atoms with Crippen LogP contribution in [-0.2, 0) is 26.1 Å². The minimum Gasteiger partial charge on any atom is -0.467 e. The van der Waals surface area contributed by atoms with Gasteiger partial charge in [0.05, 0.1) is 42.8 Å². The Labute approximate surface area is 203 Å². The number of nitrogens with zero attached hydrogens (tertiary/aromatic N) is 6. The van der Waals surface area contributed by atoms with E-state index in [1.807, 2.05) is 24.4 Å². The van der Waals surface area contributed by atoms with Crippen LogP contribution in [-0.4, -0.2) is 39.7 Å². The minimum absolute atomic E-state index is 0.400. The van der Waals surface area contributed by atoms with E-state index in [2.05, 4.69) is 50.2 Å². The van der Waals surface area contributed by atoms with Crippen LogP contribution in [0.4, 0.5) is 11.5 Å². The first-order valence-electron chi connectivity index (χ1n) is 11.4. The third kappa shape index (κ3) is 3.39. The highest BCUT2D eigenvalue weighted by Gasteiger charge is 2.28. The van der Waals surface area contributed by atoms with E-state index in [4.69, 9.17) is 26.3 Å². The molecule has 2 aliphatic heterocycles. The Morgan fingerprint density at radius 3 is 2.71 bits per heavy atom. The molecule has 2 aromatic carbocycles. The highest BCUT2D eigenvalue weighted by Crippen LogP contribution is 2.37. The number of ether oxygens (including phenoxy) is 1. The summed E-state index contributed by atoms with van der Waals surface area (Å²) < 4.78 is 7.74. The monoisotopic (exact) mass is 472 g/mol. The van der Waals surface area contributed by atoms with Gasteiger partial charge in [0, 0.05) is 36.3 Å². The zero-order valence-corrected chi connectivity index (χ0v) is 19.8. The second-order valence-electron chi connectivity index (χ2n) is 8.63. The molecule has 0 N–H and O–H groups in total. The molecule has 0 spiro atoms. The lowest BCUT2D eigenvalue weighted by Gasteiger charge is -2.35. The lowest BCUT2D eigenvalue weighted by atomic mass is 10.0. The van der Waals surface area contributed by atoms with Crippen LogP contribution in [0.25, 0.3) is 16.8 Å². The molecule has 6 rings (SSSR count). The van der Waals surface area contributed by atoms with Gasteiger partial charge >= 0.3 is 6.01 Å². The Morgan fingerprint density at radius 1 is 1.03 bits per heavy atom. The van der Waals surface area contributed by atoms with E-state index in [1.165, 1.54) is 5.56 Å². The van der Waals surface area contributed by atoms with Crippen molar-refractivity contribution in [2.45, 2.75) is 26.1 Å². The van der Waals surface area contributed by atoms with Gasteiger partial charge in [0.1, 0.15) is 11.6 Å². The maximum absolute atomic E-state index is 6.62. The SMILES string of the molecule is C=Cc1ncc2n1CCN(c1nc(OC)nc3c1CCN(c1cccc4cccc(Cl)c14)C3)C2. The van der Waals surface area contributed by atoms with Crippen molar-refractivity contribution in [3.8, 4) is 6.01 Å². The van der Waals surface area contributed by atoms with Gasteiger partial charge in [-0.3, -0.25) is 0 Å². The zero-order chi connectivity index (χ0) is 23.2. The fourth-order valence-corrected chi connectivity index (χ4v) is 5.42. The Hall–Kier alpha value is -3.58. The summed E-state index contributed by atoms with van der Waals surface area (Å²) in [7, 11) is 1.62. The van der Waals surface area contributed by atoms with E-state index in [9.17, 15) is 0 Å². The molecular formula is C26H25ClN6O. The maximum atomic E-state index is 6.62. The van der Waals surface area contributed by atoms with Crippen molar-refractivity contribution in [2.24, 2.45) is 0 Å². The van der Waals surface area contributed by atoms with Crippen molar-refractivity contribution in [3.05, 3.63) is 77.0 Å². The molecule has 0 amide bonds. The number of halogens is 1. The molecule has 0 saturated carbocycles. The molecule has 4 heterocycles. The molecule has 4 aromatic rings. The van der Waals surface area contributed by atoms with Gasteiger partial charge in [0.15, 0.2) is 0 Å². The topological polar surface area (TPSA) is 59.3 Å². The van der Waals surface area contributed by atoms with Gasteiger partial charge in [0.2, 0.25) is 0 Å². The molecule has 34 heavy (non-hydrogen) atoms. The fraction of sp³-hybridized carbons (Fsp3) is 0.269. The molecule has 0 bridgehead atoms. The maximum Gasteiger partial charge on any atom is 0.318 e. The summed E-state index contributed by atoms with van der Waals surface area (Å²) in [4.78, 5) is 18.7. The Kier molecular flexibility index (Phi) is 5.14. The first-order valence-corrected chi connectivity index (χ1v) is 11.8. The summed E-state index contributed by atoms with van der Waals surface area (Å²) in [6.07, 6.45) is 4.59. The average molecular weight is 473 g/mol. The molecule has 0 radical (unpaired) electrons. The van der Waals surface area contributed by atoms with Gasteiger partial charge in [-0.05, 0) is 30.0 Å². The number of anilines is 2. The molecule has 172 valence electrons. The summed E-state index contributed by atoms with van der Waals surface area (Å²) in [5, 5.41) is 2.99. The first kappa shape index (κ1) is 21.0. The van der Waals surface area contributed by atoms with Gasteiger partial charge in [-0.25, -0.2) is 4.98 Å². The molecule has 0 unspecified atom stereocenters. The van der Waals surface area contributed by atoms with E-state index in [0.717, 1.165) is 77.1 Å². The molecule has 0 atom stereocenters. The van der Waals surface area contributed by atoms with E-state index < -0.39 is 0 Å². The third-order valence-corrected chi connectivity index (χ3v) is 7.09. The lowest BCUT2D eigenvalue weighted by Crippen LogP contribution is -2.37. The summed E-state index contributed by atoms with van der Waals surface area (Å²) in [5.41, 5.74) is 4.49. The number of hydrogen-bond acceptors (Lipinski definition) is 6. The molecule has 2 aliphatic rings. The molecule has 0 aliphatic carbocycles. The Morgan fingerprint density at radius 2 is 1.88 bits per heavy atom. The van der Waals surface area contributed by atoms with Gasteiger partial charge in [-0.2, -0.15) is 9.97 Å². The predicted molar refractivity (Wildman–Crippen MR) is 136 cm³/mol. The smallest absolute Gasteiger partial charge is 0.318 e. The van der Waals surface area contributed by atoms with Crippen molar-refractivity contribution in [3.63, 3.8) is 0 Å². The van der Waals surface area contributed by atoms with Crippen molar-refractivity contribution in [2.75, 3.05) is 30.0 Å². The molecule has 0 fully saturated rings. The largest absolute Gasteiger partial charge is 0.467 e. The number of benzene rings is 2. The van der Waals surface area contributed by atoms with Crippen LogP contribution >= 0.6 is 11.6 Å². The number of fused-ring (bicyclic) bond motifs is 3. The van der Waals surface area contributed by atoms with E-state index in [0.29, 0.717) is 12.6 Å². The molecule has 2 aromatic heterocycles. The lowest BCUT2D eigenvalue weighted by molar-refractivity contribution is 0.376. The number of methoxy groups -OCH3 is 1. The summed E-state index contributed by atoms with van der Waals surface area (Å²) in [6.45, 7) is 7.86. The van der Waals surface area contributed by atoms with Crippen LogP contribution in [0.3, 0.4) is 0 Å². The second-order valence-corrected chi connectivity index (χ2v) is 9.04. The number of hydrogen-bond donors (Lipinski definition) is 0. The summed E-state index contributed by atoms with van der Waals surface area (Å²) in [5.74, 6) is 1.88. The van der Waals surface area contributed by atoms with Gasteiger partial charge in [-0.15, -0.1) is 0 Å². The van der Waals surface area contributed by atoms with Crippen LogP contribution in [0.2, 0.25) is 5.02 Å². The first-order chi connectivity index (χ1) is 16.7. The second kappa shape index (κ2) is 8.33. The van der Waals surface area contributed by atoms with Crippen LogP contribution in [0.1, 0.15) is 22.8 Å². The van der Waals surface area contributed by atoms with E-state index >= 15 is 0 Å². The van der Waals surface area contributed by atoms with Gasteiger partial charge < -0.3 is 19.1 Å². The van der Waals surface area contributed by atoms with Crippen LogP contribution in [0.5, 0.6) is 6.01 Å². The third-order valence-electron chi connectivity index (χ3n) is 6.78. The van der Waals surface area contributed by atoms with Gasteiger partial charge in [-0.1, -0.05) is 42.4 Å². The molecule has 0 saturated heterocycles. The Balaban J connectivity index is 1.37. The van der Waals surface area contributed by atoms with E-state index in [1.54, 1.807) is 7.11 Å². The zero-order valence-electron chi connectivity index (χ0n) is 19.0. The summed E-state index contributed by atoms with van der Waals surface area (Å²) in [6, 6.07) is 12.8. The molecular weight excluding hydrogens is 448 g/mol. The summed E-state index contributed by atoms with van der Waals surface area (Å²) >= 11 is 6.62. The normalized spacial score (nSPS) is 15.2. The standard InChI is InChI=1S/C26H25ClN6O/c1-3-23-28-14-18-15-32(12-13-33(18)23)25-19-10-11-31(16-21(19)29-26(30-25)34-2)22-9-5-7-17-6-4-8-20(27)24(17)22/h3-9,14H,1,10-13,15-16H2,2H3. The van der Waals surface area contributed by atoms with Crippen molar-refractivity contribution < 1.29 is 4.74 Å². The van der Waals surface area contributed by atoms with Gasteiger partial charge in [0.25, 0.3) is 0 Å². The van der Waals surface area contributed by atoms with Crippen molar-refractivity contribution in [1.29, 1.82) is 0 Å². The van der Waals surface area contributed by atoms with Crippen molar-refractivity contribution >= 4 is 40.0 Å². The number of imidazole rings is 1. The number of rotatable bonds is 4. The number of aromatic nitrogens is 4. The average Bonchev–Trinajstić information content (AvgIpc) is 3.30.